The zero-order valence-corrected chi connectivity index (χ0v) is 15.3. The molecule has 2 aromatic carbocycles. The van der Waals surface area contributed by atoms with Gasteiger partial charge in [0.05, 0.1) is 0 Å². The Bertz CT molecular complexity index is 794. The van der Waals surface area contributed by atoms with Gasteiger partial charge < -0.3 is 0 Å². The molecule has 4 rings (SSSR count). The molecule has 114 valence electrons. The Kier molecular flexibility index (Phi) is 3.24. The second kappa shape index (κ2) is 5.07. The van der Waals surface area contributed by atoms with Gasteiger partial charge in [0.15, 0.2) is 0 Å². The van der Waals surface area contributed by atoms with Crippen LogP contribution < -0.4 is 0 Å². The molecule has 2 aliphatic rings. The van der Waals surface area contributed by atoms with Crippen molar-refractivity contribution in [1.82, 2.24) is 0 Å². The molecule has 0 aliphatic heterocycles. The molecule has 0 atom stereocenters. The molecule has 0 heterocycles. The number of rotatable bonds is 2. The summed E-state index contributed by atoms with van der Waals surface area (Å²) in [5.74, 6) is 0. The summed E-state index contributed by atoms with van der Waals surface area (Å²) in [6, 6.07) is 17.7. The molecule has 0 amide bonds. The zero-order chi connectivity index (χ0) is 16.2. The summed E-state index contributed by atoms with van der Waals surface area (Å²) < 4.78 is 0. The normalized spacial score (nSPS) is 16.9. The van der Waals surface area contributed by atoms with E-state index in [9.17, 15) is 0 Å². The van der Waals surface area contributed by atoms with Gasteiger partial charge in [0.1, 0.15) is 8.07 Å². The molecule has 0 spiro atoms. The average molecular weight is 315 g/mol. The molecular formula is C22H22Si. The monoisotopic (exact) mass is 314 g/mol. The van der Waals surface area contributed by atoms with Gasteiger partial charge in [0, 0.05) is 12.8 Å². The average Bonchev–Trinajstić information content (AvgIpc) is 3.02. The molecule has 2 radical (unpaired) electrons. The minimum absolute atomic E-state index is 1.38. The highest BCUT2D eigenvalue weighted by Crippen LogP contribution is 2.48. The second-order valence-electron chi connectivity index (χ2n) is 7.20. The summed E-state index contributed by atoms with van der Waals surface area (Å²) in [4.78, 5) is 0. The van der Waals surface area contributed by atoms with Crippen molar-refractivity contribution < 1.29 is 0 Å². The van der Waals surface area contributed by atoms with Crippen molar-refractivity contribution in [2.24, 2.45) is 0 Å². The molecule has 23 heavy (non-hydrogen) atoms. The standard InChI is InChI=1S/C22H22Si/c1-15-13-17-9-5-7-11-19(17)21(15)23(3,4)22-16(2)14-18-10-6-8-12-20(18)22/h5-14H,1-4H3. The fourth-order valence-corrected chi connectivity index (χ4v) is 8.69. The van der Waals surface area contributed by atoms with Crippen molar-refractivity contribution >= 4 is 18.5 Å². The van der Waals surface area contributed by atoms with Gasteiger partial charge in [0.2, 0.25) is 0 Å². The van der Waals surface area contributed by atoms with Crippen LogP contribution in [0.2, 0.25) is 13.1 Å². The van der Waals surface area contributed by atoms with Crippen LogP contribution in [0.3, 0.4) is 0 Å². The van der Waals surface area contributed by atoms with E-state index >= 15 is 0 Å². The summed E-state index contributed by atoms with van der Waals surface area (Å²) in [5, 5.41) is 3.21. The quantitative estimate of drug-likeness (QED) is 0.610. The van der Waals surface area contributed by atoms with Crippen molar-refractivity contribution in [1.29, 1.82) is 0 Å². The van der Waals surface area contributed by atoms with Crippen LogP contribution >= 0.6 is 0 Å². The third-order valence-electron chi connectivity index (χ3n) is 5.24. The molecule has 2 aromatic rings. The van der Waals surface area contributed by atoms with Crippen LogP contribution in [0.25, 0.3) is 10.4 Å². The lowest BCUT2D eigenvalue weighted by Gasteiger charge is -2.30. The third kappa shape index (κ3) is 2.10. The summed E-state index contributed by atoms with van der Waals surface area (Å²) in [6.07, 6.45) is 4.72. The SMILES string of the molecule is CC1=C([Si](C)(C)C2=C(C)[CH]c3ccccc32)c2ccccc2[CH]1. The van der Waals surface area contributed by atoms with E-state index < -0.39 is 8.07 Å². The van der Waals surface area contributed by atoms with E-state index in [1.807, 2.05) is 0 Å². The molecular weight excluding hydrogens is 292 g/mol. The predicted octanol–water partition coefficient (Wildman–Crippen LogP) is 5.85. The lowest BCUT2D eigenvalue weighted by atomic mass is 10.1. The Morgan fingerprint density at radius 1 is 0.609 bits per heavy atom. The van der Waals surface area contributed by atoms with E-state index in [-0.39, 0.29) is 0 Å². The maximum Gasteiger partial charge on any atom is 0.113 e. The highest BCUT2D eigenvalue weighted by atomic mass is 28.3. The number of allylic oxidation sites excluding steroid dienone is 2. The molecule has 0 nitrogen and oxygen atoms in total. The third-order valence-corrected chi connectivity index (χ3v) is 9.07. The van der Waals surface area contributed by atoms with Crippen molar-refractivity contribution in [2.75, 3.05) is 0 Å². The van der Waals surface area contributed by atoms with E-state index in [1.165, 1.54) is 33.4 Å². The largest absolute Gasteiger partial charge is 0.113 e. The van der Waals surface area contributed by atoms with Crippen LogP contribution in [0.1, 0.15) is 36.1 Å². The Morgan fingerprint density at radius 3 is 1.43 bits per heavy atom. The van der Waals surface area contributed by atoms with Gasteiger partial charge >= 0.3 is 0 Å². The molecule has 0 saturated carbocycles. The van der Waals surface area contributed by atoms with Gasteiger partial charge in [-0.3, -0.25) is 0 Å². The van der Waals surface area contributed by atoms with Gasteiger partial charge in [-0.05, 0) is 46.5 Å². The molecule has 2 aliphatic carbocycles. The molecule has 0 N–H and O–H groups in total. The topological polar surface area (TPSA) is 0 Å². The summed E-state index contributed by atoms with van der Waals surface area (Å²) in [6.45, 7) is 9.59. The minimum Gasteiger partial charge on any atom is -0.0646 e. The number of fused-ring (bicyclic) bond motifs is 2. The fraction of sp³-hybridized carbons (Fsp3) is 0.182. The van der Waals surface area contributed by atoms with Crippen molar-refractivity contribution in [3.05, 3.63) is 94.8 Å². The number of hydrogen-bond acceptors (Lipinski definition) is 0. The lowest BCUT2D eigenvalue weighted by molar-refractivity contribution is 1.44. The van der Waals surface area contributed by atoms with Gasteiger partial charge in [0.25, 0.3) is 0 Å². The lowest BCUT2D eigenvalue weighted by Crippen LogP contribution is -2.31. The maximum absolute atomic E-state index is 2.51. The van der Waals surface area contributed by atoms with Crippen molar-refractivity contribution in [2.45, 2.75) is 26.9 Å². The highest BCUT2D eigenvalue weighted by molar-refractivity contribution is 7.09. The van der Waals surface area contributed by atoms with Crippen LogP contribution in [0.4, 0.5) is 0 Å². The minimum atomic E-state index is -1.77. The first-order chi connectivity index (χ1) is 11.0. The van der Waals surface area contributed by atoms with Crippen LogP contribution in [-0.2, 0) is 0 Å². The number of benzene rings is 2. The van der Waals surface area contributed by atoms with Crippen LogP contribution in [0.15, 0.2) is 59.7 Å². The Labute approximate surface area is 140 Å². The first-order valence-corrected chi connectivity index (χ1v) is 11.3. The summed E-state index contributed by atoms with van der Waals surface area (Å²) in [7, 11) is -1.77. The second-order valence-corrected chi connectivity index (χ2v) is 11.5. The Balaban J connectivity index is 1.90. The van der Waals surface area contributed by atoms with Crippen molar-refractivity contribution in [3.63, 3.8) is 0 Å². The smallest absolute Gasteiger partial charge is 0.0646 e. The Hall–Kier alpha value is -1.86. The summed E-state index contributed by atoms with van der Waals surface area (Å²) >= 11 is 0. The van der Waals surface area contributed by atoms with E-state index in [1.54, 1.807) is 10.4 Å². The van der Waals surface area contributed by atoms with E-state index in [4.69, 9.17) is 0 Å². The van der Waals surface area contributed by atoms with Gasteiger partial charge in [-0.15, -0.1) is 0 Å². The molecule has 0 unspecified atom stereocenters. The van der Waals surface area contributed by atoms with Gasteiger partial charge in [-0.1, -0.05) is 72.8 Å². The molecule has 0 saturated heterocycles. The molecule has 0 aromatic heterocycles. The molecule has 0 bridgehead atoms. The highest BCUT2D eigenvalue weighted by Gasteiger charge is 2.40. The summed E-state index contributed by atoms with van der Waals surface area (Å²) in [5.41, 5.74) is 8.57. The first-order valence-electron chi connectivity index (χ1n) is 8.31. The van der Waals surface area contributed by atoms with Crippen LogP contribution in [-0.4, -0.2) is 8.07 Å². The van der Waals surface area contributed by atoms with Crippen molar-refractivity contribution in [3.8, 4) is 0 Å². The number of hydrogen-bond donors (Lipinski definition) is 0. The van der Waals surface area contributed by atoms with E-state index in [0.29, 0.717) is 0 Å². The molecule has 0 fully saturated rings. The predicted molar refractivity (Wildman–Crippen MR) is 102 cm³/mol. The fourth-order valence-electron chi connectivity index (χ4n) is 4.52. The van der Waals surface area contributed by atoms with E-state index in [2.05, 4.69) is 88.3 Å². The first kappa shape index (κ1) is 14.7. The zero-order valence-electron chi connectivity index (χ0n) is 14.3. The van der Waals surface area contributed by atoms with Crippen LogP contribution in [0, 0.1) is 12.8 Å². The Morgan fingerprint density at radius 2 is 1.00 bits per heavy atom. The maximum atomic E-state index is 2.51. The van der Waals surface area contributed by atoms with Gasteiger partial charge in [-0.2, -0.15) is 0 Å². The van der Waals surface area contributed by atoms with Gasteiger partial charge in [-0.25, -0.2) is 0 Å². The van der Waals surface area contributed by atoms with E-state index in [0.717, 1.165) is 0 Å². The van der Waals surface area contributed by atoms with Crippen LogP contribution in [0.5, 0.6) is 0 Å². The molecule has 1 heteroatoms.